The van der Waals surface area contributed by atoms with Crippen LogP contribution in [0.4, 0.5) is 5.95 Å². The van der Waals surface area contributed by atoms with E-state index in [-0.39, 0.29) is 17.2 Å². The summed E-state index contributed by atoms with van der Waals surface area (Å²) in [6.07, 6.45) is 1.84. The molecule has 1 aliphatic rings. The summed E-state index contributed by atoms with van der Waals surface area (Å²) in [4.78, 5) is 15.1. The second kappa shape index (κ2) is 12.0. The number of nitrogens with one attached hydrogen (secondary N) is 1. The monoisotopic (exact) mass is 479 g/mol. The fourth-order valence-corrected chi connectivity index (χ4v) is 4.79. The Morgan fingerprint density at radius 2 is 1.65 bits per heavy atom. The number of aryl methyl sites for hydroxylation is 1. The van der Waals surface area contributed by atoms with Gasteiger partial charge in [0.1, 0.15) is 0 Å². The lowest BCUT2D eigenvalue weighted by molar-refractivity contribution is -0.120. The fourth-order valence-electron chi connectivity index (χ4n) is 3.94. The lowest BCUT2D eigenvalue weighted by atomic mass is 10.1. The summed E-state index contributed by atoms with van der Waals surface area (Å²) in [6, 6.07) is 20.8. The molecule has 0 unspecified atom stereocenters. The van der Waals surface area contributed by atoms with E-state index in [2.05, 4.69) is 56.2 Å². The second-order valence-electron chi connectivity index (χ2n) is 8.65. The highest BCUT2D eigenvalue weighted by molar-refractivity contribution is 8.00. The van der Waals surface area contributed by atoms with Crippen molar-refractivity contribution >= 4 is 23.6 Å². The van der Waals surface area contributed by atoms with Crippen molar-refractivity contribution in [2.24, 2.45) is 0 Å². The molecule has 1 aliphatic heterocycles. The normalized spacial score (nSPS) is 15.6. The van der Waals surface area contributed by atoms with Gasteiger partial charge in [-0.3, -0.25) is 9.36 Å². The van der Waals surface area contributed by atoms with Crippen molar-refractivity contribution in [3.05, 3.63) is 71.8 Å². The molecule has 1 saturated heterocycles. The average Bonchev–Trinajstić information content (AvgIpc) is 3.26. The first-order chi connectivity index (χ1) is 16.6. The van der Waals surface area contributed by atoms with Gasteiger partial charge >= 0.3 is 0 Å². The van der Waals surface area contributed by atoms with Crippen molar-refractivity contribution in [2.45, 2.75) is 49.7 Å². The van der Waals surface area contributed by atoms with Crippen LogP contribution in [0.5, 0.6) is 0 Å². The van der Waals surface area contributed by atoms with Gasteiger partial charge < -0.3 is 15.0 Å². The van der Waals surface area contributed by atoms with Gasteiger partial charge in [-0.15, -0.1) is 10.2 Å². The molecule has 180 valence electrons. The molecule has 0 aliphatic carbocycles. The summed E-state index contributed by atoms with van der Waals surface area (Å²) in [6.45, 7) is 7.58. The zero-order chi connectivity index (χ0) is 23.8. The van der Waals surface area contributed by atoms with Crippen molar-refractivity contribution in [2.75, 3.05) is 31.2 Å². The van der Waals surface area contributed by atoms with E-state index in [1.54, 1.807) is 0 Å². The van der Waals surface area contributed by atoms with Gasteiger partial charge in [0.25, 0.3) is 0 Å². The van der Waals surface area contributed by atoms with Gasteiger partial charge in [0.05, 0.1) is 25.0 Å². The summed E-state index contributed by atoms with van der Waals surface area (Å²) in [5.41, 5.74) is 2.46. The van der Waals surface area contributed by atoms with Gasteiger partial charge in [-0.2, -0.15) is 0 Å². The standard InChI is InChI=1S/C26H33N5O2S/c1-20(13-14-22-9-5-3-6-10-22)27-24(32)21(2)34-26-29-28-25(30-15-17-33-18-16-30)31(26)19-23-11-7-4-8-12-23/h3-12,20-21H,13-19H2,1-2H3,(H,27,32)/t20-,21-/m1/s1. The summed E-state index contributed by atoms with van der Waals surface area (Å²) in [7, 11) is 0. The number of morpholine rings is 1. The van der Waals surface area contributed by atoms with Crippen molar-refractivity contribution in [1.29, 1.82) is 0 Å². The van der Waals surface area contributed by atoms with Gasteiger partial charge in [0.15, 0.2) is 5.16 Å². The molecule has 7 nitrogen and oxygen atoms in total. The summed E-state index contributed by atoms with van der Waals surface area (Å²) < 4.78 is 7.63. The van der Waals surface area contributed by atoms with Crippen LogP contribution in [-0.4, -0.2) is 58.3 Å². The minimum Gasteiger partial charge on any atom is -0.378 e. The Kier molecular flexibility index (Phi) is 8.60. The van der Waals surface area contributed by atoms with Crippen LogP contribution in [0, 0.1) is 0 Å². The minimum absolute atomic E-state index is 0.0211. The first-order valence-electron chi connectivity index (χ1n) is 11.9. The summed E-state index contributed by atoms with van der Waals surface area (Å²) in [5.74, 6) is 0.853. The molecule has 1 fully saturated rings. The molecular formula is C26H33N5O2S. The third-order valence-corrected chi connectivity index (χ3v) is 7.00. The fraction of sp³-hybridized carbons (Fsp3) is 0.423. The number of hydrogen-bond donors (Lipinski definition) is 1. The van der Waals surface area contributed by atoms with E-state index in [0.717, 1.165) is 37.0 Å². The van der Waals surface area contributed by atoms with Gasteiger partial charge in [-0.05, 0) is 37.8 Å². The molecule has 0 saturated carbocycles. The van der Waals surface area contributed by atoms with E-state index in [1.165, 1.54) is 22.9 Å². The maximum Gasteiger partial charge on any atom is 0.233 e. The molecule has 3 aromatic rings. The lowest BCUT2D eigenvalue weighted by Gasteiger charge is -2.28. The number of carbonyl (C=O) groups excluding carboxylic acids is 1. The van der Waals surface area contributed by atoms with E-state index < -0.39 is 0 Å². The van der Waals surface area contributed by atoms with Gasteiger partial charge in [-0.25, -0.2) is 0 Å². The topological polar surface area (TPSA) is 72.3 Å². The van der Waals surface area contributed by atoms with Crippen molar-refractivity contribution in [1.82, 2.24) is 20.1 Å². The molecule has 1 amide bonds. The zero-order valence-electron chi connectivity index (χ0n) is 19.9. The number of rotatable bonds is 10. The molecule has 8 heteroatoms. The SMILES string of the molecule is C[C@H](CCc1ccccc1)NC(=O)[C@@H](C)Sc1nnc(N2CCOCC2)n1Cc1ccccc1. The molecule has 1 aromatic heterocycles. The third-order valence-electron chi connectivity index (χ3n) is 5.92. The number of amides is 1. The van der Waals surface area contributed by atoms with E-state index >= 15 is 0 Å². The molecule has 1 N–H and O–H groups in total. The number of anilines is 1. The second-order valence-corrected chi connectivity index (χ2v) is 9.96. The van der Waals surface area contributed by atoms with E-state index in [4.69, 9.17) is 4.74 Å². The Morgan fingerprint density at radius 3 is 2.32 bits per heavy atom. The highest BCUT2D eigenvalue weighted by atomic mass is 32.2. The molecule has 2 aromatic carbocycles. The van der Waals surface area contributed by atoms with Crippen LogP contribution < -0.4 is 10.2 Å². The molecule has 34 heavy (non-hydrogen) atoms. The van der Waals surface area contributed by atoms with Gasteiger partial charge in [-0.1, -0.05) is 72.4 Å². The average molecular weight is 480 g/mol. The van der Waals surface area contributed by atoms with E-state index in [1.807, 2.05) is 43.3 Å². The number of aromatic nitrogens is 3. The van der Waals surface area contributed by atoms with Crippen LogP contribution in [-0.2, 0) is 22.5 Å². The Morgan fingerprint density at radius 1 is 1.00 bits per heavy atom. The third kappa shape index (κ3) is 6.61. The predicted molar refractivity (Wildman–Crippen MR) is 136 cm³/mol. The molecule has 2 heterocycles. The number of nitrogens with zero attached hydrogens (tertiary/aromatic N) is 4. The number of thioether (sulfide) groups is 1. The quantitative estimate of drug-likeness (QED) is 0.446. The van der Waals surface area contributed by atoms with Gasteiger partial charge in [0, 0.05) is 19.1 Å². The first kappa shape index (κ1) is 24.3. The molecule has 0 spiro atoms. The highest BCUT2D eigenvalue weighted by Crippen LogP contribution is 2.27. The van der Waals surface area contributed by atoms with Crippen LogP contribution in [0.3, 0.4) is 0 Å². The Bertz CT molecular complexity index is 1040. The maximum atomic E-state index is 12.9. The largest absolute Gasteiger partial charge is 0.378 e. The molecule has 0 bridgehead atoms. The number of benzene rings is 2. The summed E-state index contributed by atoms with van der Waals surface area (Å²) in [5, 5.41) is 12.6. The van der Waals surface area contributed by atoms with E-state index in [0.29, 0.717) is 19.8 Å². The van der Waals surface area contributed by atoms with Crippen molar-refractivity contribution in [3.63, 3.8) is 0 Å². The van der Waals surface area contributed by atoms with Crippen LogP contribution >= 0.6 is 11.8 Å². The minimum atomic E-state index is -0.282. The molecular weight excluding hydrogens is 446 g/mol. The number of ether oxygens (including phenoxy) is 1. The van der Waals surface area contributed by atoms with Gasteiger partial charge in [0.2, 0.25) is 11.9 Å². The van der Waals surface area contributed by atoms with Crippen LogP contribution in [0.1, 0.15) is 31.4 Å². The number of carbonyl (C=O) groups is 1. The van der Waals surface area contributed by atoms with Crippen molar-refractivity contribution in [3.8, 4) is 0 Å². The molecule has 0 radical (unpaired) electrons. The van der Waals surface area contributed by atoms with Crippen molar-refractivity contribution < 1.29 is 9.53 Å². The smallest absolute Gasteiger partial charge is 0.233 e. The predicted octanol–water partition coefficient (Wildman–Crippen LogP) is 3.78. The zero-order valence-corrected chi connectivity index (χ0v) is 20.7. The Balaban J connectivity index is 1.41. The highest BCUT2D eigenvalue weighted by Gasteiger charge is 2.24. The van der Waals surface area contributed by atoms with Crippen LogP contribution in [0.2, 0.25) is 0 Å². The van der Waals surface area contributed by atoms with E-state index in [9.17, 15) is 4.79 Å². The molecule has 4 rings (SSSR count). The van der Waals surface area contributed by atoms with Crippen LogP contribution in [0.15, 0.2) is 65.8 Å². The first-order valence-corrected chi connectivity index (χ1v) is 12.8. The lowest BCUT2D eigenvalue weighted by Crippen LogP contribution is -2.38. The molecule has 2 atom stereocenters. The summed E-state index contributed by atoms with van der Waals surface area (Å²) >= 11 is 1.46. The van der Waals surface area contributed by atoms with Crippen LogP contribution in [0.25, 0.3) is 0 Å². The Hall–Kier alpha value is -2.84. The Labute approximate surface area is 205 Å². The maximum absolute atomic E-state index is 12.9. The number of hydrogen-bond acceptors (Lipinski definition) is 6.